The third kappa shape index (κ3) is 10.7. The summed E-state index contributed by atoms with van der Waals surface area (Å²) in [5.74, 6) is -0.581. The number of nitrogens with one attached hydrogen (secondary N) is 1. The van der Waals surface area contributed by atoms with Crippen molar-refractivity contribution in [1.29, 1.82) is 0 Å². The molecule has 0 amide bonds. The van der Waals surface area contributed by atoms with Gasteiger partial charge in [0.15, 0.2) is 0 Å². The first-order valence-electron chi connectivity index (χ1n) is 14.5. The lowest BCUT2D eigenvalue weighted by atomic mass is 9.89. The van der Waals surface area contributed by atoms with Gasteiger partial charge in [0, 0.05) is 0 Å². The van der Waals surface area contributed by atoms with Crippen LogP contribution >= 0.6 is 11.6 Å². The van der Waals surface area contributed by atoms with Gasteiger partial charge in [0.1, 0.15) is 0 Å². The maximum atomic E-state index is 13.9. The van der Waals surface area contributed by atoms with Gasteiger partial charge in [0.05, 0.1) is 35.7 Å². The normalized spacial score (nSPS) is 12.6. The Morgan fingerprint density at radius 1 is 0.900 bits per heavy atom. The van der Waals surface area contributed by atoms with E-state index in [1.165, 1.54) is 32.1 Å². The number of carbonyl (C=O) groups excluding carboxylic acids is 1. The second kappa shape index (κ2) is 17.9. The van der Waals surface area contributed by atoms with Crippen LogP contribution in [-0.2, 0) is 24.5 Å². The van der Waals surface area contributed by atoms with Gasteiger partial charge in [-0.25, -0.2) is 4.79 Å². The summed E-state index contributed by atoms with van der Waals surface area (Å²) < 4.78 is 42.1. The molecule has 0 radical (unpaired) electrons. The summed E-state index contributed by atoms with van der Waals surface area (Å²) in [4.78, 5) is 12.3. The predicted molar refractivity (Wildman–Crippen MR) is 165 cm³/mol. The molecule has 0 spiro atoms. The molecule has 1 N–H and O–H groups in total. The number of nitrogens with zero attached hydrogens (tertiary/aromatic N) is 1. The average molecular weight is 593 g/mol. The highest BCUT2D eigenvalue weighted by atomic mass is 35.5. The molecule has 0 bridgehead atoms. The number of anilines is 2. The van der Waals surface area contributed by atoms with Gasteiger partial charge < -0.3 is 9.47 Å². The van der Waals surface area contributed by atoms with Crippen LogP contribution in [0.2, 0.25) is 5.02 Å². The van der Waals surface area contributed by atoms with Crippen molar-refractivity contribution in [2.75, 3.05) is 22.2 Å². The molecule has 1 atom stereocenters. The van der Waals surface area contributed by atoms with Crippen molar-refractivity contribution in [3.05, 3.63) is 71.1 Å². The van der Waals surface area contributed by atoms with Crippen molar-refractivity contribution >= 4 is 39.2 Å². The third-order valence-corrected chi connectivity index (χ3v) is 8.17. The SMILES string of the molecule is CCCCCCCCC(CCC)c1ccc(Cl)c(NS(=O)(=O)N(C(=CC(=O)OCC)OCC)c2ccccc2)c1. The van der Waals surface area contributed by atoms with E-state index in [2.05, 4.69) is 18.6 Å². The standard InChI is InChI=1S/C31H45ClN2O5S/c1-5-9-10-11-12-14-18-25(17-6-2)26-21-22-28(32)29(23-26)33-40(36,37)34(27-19-15-13-16-20-27)30(38-7-3)24-31(35)39-8-4/h13,15-16,19-25,33H,5-12,14,17-18H2,1-4H3. The second-order valence-corrected chi connectivity index (χ2v) is 11.6. The summed E-state index contributed by atoms with van der Waals surface area (Å²) in [6, 6.07) is 14.0. The second-order valence-electron chi connectivity index (χ2n) is 9.66. The smallest absolute Gasteiger partial charge is 0.336 e. The highest BCUT2D eigenvalue weighted by Crippen LogP contribution is 2.34. The highest BCUT2D eigenvalue weighted by molar-refractivity contribution is 7.94. The molecule has 222 valence electrons. The molecule has 2 aromatic rings. The molecular weight excluding hydrogens is 548 g/mol. The Morgan fingerprint density at radius 3 is 2.23 bits per heavy atom. The monoisotopic (exact) mass is 592 g/mol. The zero-order valence-corrected chi connectivity index (χ0v) is 25.9. The van der Waals surface area contributed by atoms with E-state index in [0.717, 1.165) is 41.6 Å². The lowest BCUT2D eigenvalue weighted by molar-refractivity contribution is -0.137. The minimum atomic E-state index is -4.32. The van der Waals surface area contributed by atoms with Gasteiger partial charge in [-0.15, -0.1) is 0 Å². The lowest BCUT2D eigenvalue weighted by Gasteiger charge is -2.27. The first kappa shape index (κ1) is 33.5. The van der Waals surface area contributed by atoms with Crippen LogP contribution in [0.1, 0.15) is 97.0 Å². The molecule has 9 heteroatoms. The van der Waals surface area contributed by atoms with Crippen LogP contribution in [-0.4, -0.2) is 27.6 Å². The van der Waals surface area contributed by atoms with E-state index in [-0.39, 0.29) is 29.8 Å². The molecule has 40 heavy (non-hydrogen) atoms. The van der Waals surface area contributed by atoms with Crippen LogP contribution in [0.15, 0.2) is 60.5 Å². The van der Waals surface area contributed by atoms with E-state index in [9.17, 15) is 13.2 Å². The number of halogens is 1. The van der Waals surface area contributed by atoms with Gasteiger partial charge in [0.2, 0.25) is 5.88 Å². The Morgan fingerprint density at radius 2 is 1.57 bits per heavy atom. The largest absolute Gasteiger partial charge is 0.478 e. The van der Waals surface area contributed by atoms with Gasteiger partial charge in [0.25, 0.3) is 0 Å². The summed E-state index contributed by atoms with van der Waals surface area (Å²) in [5, 5.41) is 0.280. The molecule has 1 unspecified atom stereocenters. The van der Waals surface area contributed by atoms with Gasteiger partial charge in [-0.2, -0.15) is 12.7 Å². The molecule has 0 aromatic heterocycles. The van der Waals surface area contributed by atoms with E-state index in [1.54, 1.807) is 50.2 Å². The first-order valence-corrected chi connectivity index (χ1v) is 16.3. The Hall–Kier alpha value is -2.71. The zero-order chi connectivity index (χ0) is 29.4. The minimum Gasteiger partial charge on any atom is -0.478 e. The summed E-state index contributed by atoms with van der Waals surface area (Å²) >= 11 is 6.51. The fourth-order valence-corrected chi connectivity index (χ4v) is 6.10. The maximum absolute atomic E-state index is 13.9. The number of esters is 1. The maximum Gasteiger partial charge on any atom is 0.336 e. The summed E-state index contributed by atoms with van der Waals surface area (Å²) in [7, 11) is -4.32. The van der Waals surface area contributed by atoms with Crippen molar-refractivity contribution in [2.45, 2.75) is 91.4 Å². The van der Waals surface area contributed by atoms with Crippen LogP contribution in [0, 0.1) is 0 Å². The fraction of sp³-hybridized carbons (Fsp3) is 0.516. The van der Waals surface area contributed by atoms with Gasteiger partial charge >= 0.3 is 16.2 Å². The fourth-order valence-electron chi connectivity index (χ4n) is 4.60. The Kier molecular flexibility index (Phi) is 15.0. The van der Waals surface area contributed by atoms with Crippen LogP contribution in [0.5, 0.6) is 0 Å². The number of hydrogen-bond donors (Lipinski definition) is 1. The summed E-state index contributed by atoms with van der Waals surface area (Å²) in [5.41, 5.74) is 1.62. The number of ether oxygens (including phenoxy) is 2. The number of unbranched alkanes of at least 4 members (excludes halogenated alkanes) is 5. The van der Waals surface area contributed by atoms with E-state index < -0.39 is 16.2 Å². The molecule has 0 aliphatic carbocycles. The van der Waals surface area contributed by atoms with Crippen LogP contribution in [0.4, 0.5) is 11.4 Å². The molecule has 0 heterocycles. The molecule has 0 aliphatic heterocycles. The van der Waals surface area contributed by atoms with Crippen LogP contribution in [0.25, 0.3) is 0 Å². The van der Waals surface area contributed by atoms with Gasteiger partial charge in [-0.3, -0.25) is 4.72 Å². The number of carbonyl (C=O) groups is 1. The van der Waals surface area contributed by atoms with Crippen molar-refractivity contribution in [2.24, 2.45) is 0 Å². The molecule has 2 rings (SSSR count). The Bertz CT molecular complexity index is 1170. The zero-order valence-electron chi connectivity index (χ0n) is 24.3. The Balaban J connectivity index is 2.40. The highest BCUT2D eigenvalue weighted by Gasteiger charge is 2.29. The van der Waals surface area contributed by atoms with E-state index in [4.69, 9.17) is 21.1 Å². The van der Waals surface area contributed by atoms with Crippen LogP contribution < -0.4 is 9.03 Å². The molecule has 0 saturated carbocycles. The van der Waals surface area contributed by atoms with Crippen molar-refractivity contribution in [3.8, 4) is 0 Å². The number of hydrogen-bond acceptors (Lipinski definition) is 5. The molecule has 0 saturated heterocycles. The number of rotatable bonds is 19. The first-order chi connectivity index (χ1) is 19.3. The molecule has 2 aromatic carbocycles. The number of para-hydroxylation sites is 1. The number of benzene rings is 2. The van der Waals surface area contributed by atoms with E-state index >= 15 is 0 Å². The summed E-state index contributed by atoms with van der Waals surface area (Å²) in [6.07, 6.45) is 11.5. The van der Waals surface area contributed by atoms with Gasteiger partial charge in [-0.05, 0) is 62.4 Å². The topological polar surface area (TPSA) is 84.9 Å². The predicted octanol–water partition coefficient (Wildman–Crippen LogP) is 8.58. The van der Waals surface area contributed by atoms with E-state index in [0.29, 0.717) is 11.6 Å². The summed E-state index contributed by atoms with van der Waals surface area (Å²) in [6.45, 7) is 8.04. The molecule has 7 nitrogen and oxygen atoms in total. The average Bonchev–Trinajstić information content (AvgIpc) is 2.92. The molecule has 0 fully saturated rings. The third-order valence-electron chi connectivity index (χ3n) is 6.50. The van der Waals surface area contributed by atoms with Crippen molar-refractivity contribution < 1.29 is 22.7 Å². The van der Waals surface area contributed by atoms with Crippen LogP contribution in [0.3, 0.4) is 0 Å². The molecule has 0 aliphatic rings. The lowest BCUT2D eigenvalue weighted by Crippen LogP contribution is -2.37. The van der Waals surface area contributed by atoms with E-state index in [1.807, 2.05) is 12.1 Å². The molecular formula is C31H45ClN2O5S. The minimum absolute atomic E-state index is 0.136. The van der Waals surface area contributed by atoms with Crippen molar-refractivity contribution in [1.82, 2.24) is 0 Å². The van der Waals surface area contributed by atoms with Crippen molar-refractivity contribution in [3.63, 3.8) is 0 Å². The Labute approximate surface area is 246 Å². The van der Waals surface area contributed by atoms with Gasteiger partial charge in [-0.1, -0.05) is 94.7 Å². The quantitative estimate of drug-likeness (QED) is 0.0764.